The predicted octanol–water partition coefficient (Wildman–Crippen LogP) is 4.71. The molecule has 0 bridgehead atoms. The molecule has 0 aliphatic rings. The summed E-state index contributed by atoms with van der Waals surface area (Å²) in [6.07, 6.45) is 1.85. The van der Waals surface area contributed by atoms with E-state index in [1.54, 1.807) is 28.3 Å². The Kier molecular flexibility index (Phi) is 7.96. The van der Waals surface area contributed by atoms with E-state index in [0.29, 0.717) is 13.2 Å². The molecule has 0 aliphatic carbocycles. The summed E-state index contributed by atoms with van der Waals surface area (Å²) < 4.78 is 10.6. The Bertz CT molecular complexity index is 992. The number of nitrogens with one attached hydrogen (secondary N) is 1. The third-order valence-corrected chi connectivity index (χ3v) is 4.49. The molecule has 2 aromatic carbocycles. The Morgan fingerprint density at radius 1 is 1.00 bits per heavy atom. The minimum atomic E-state index is -0.181. The van der Waals surface area contributed by atoms with E-state index in [-0.39, 0.29) is 18.4 Å². The fraction of sp³-hybridized carbons (Fsp3) is 0.273. The maximum atomic E-state index is 12.1. The predicted molar refractivity (Wildman–Crippen MR) is 119 cm³/mol. The number of nitrogens with zero attached hydrogens (tertiary/aromatic N) is 2. The number of para-hydroxylation sites is 1. The maximum absolute atomic E-state index is 12.1. The van der Waals surface area contributed by atoms with Crippen molar-refractivity contribution in [1.29, 1.82) is 0 Å². The fourth-order valence-corrected chi connectivity index (χ4v) is 3.06. The van der Waals surface area contributed by atoms with Crippen LogP contribution in [-0.4, -0.2) is 44.2 Å². The number of anilines is 1. The summed E-state index contributed by atoms with van der Waals surface area (Å²) in [6.45, 7) is 1.04. The molecule has 1 N–H and O–H groups in total. The topological polar surface area (TPSA) is 63.7 Å². The number of carbonyl (C=O) groups is 1. The van der Waals surface area contributed by atoms with Gasteiger partial charge in [-0.1, -0.05) is 18.2 Å². The Labute approximate surface area is 177 Å². The second kappa shape index (κ2) is 10.2. The van der Waals surface area contributed by atoms with Gasteiger partial charge in [0.15, 0.2) is 0 Å². The van der Waals surface area contributed by atoms with Crippen LogP contribution in [0.25, 0.3) is 22.0 Å². The molecule has 0 radical (unpaired) electrons. The molecule has 0 spiro atoms. The van der Waals surface area contributed by atoms with Crippen molar-refractivity contribution in [3.8, 4) is 11.3 Å². The molecule has 0 aliphatic heterocycles. The second-order valence-electron chi connectivity index (χ2n) is 6.77. The Morgan fingerprint density at radius 3 is 2.24 bits per heavy atom. The molecule has 1 heterocycles. The van der Waals surface area contributed by atoms with Crippen molar-refractivity contribution >= 4 is 34.9 Å². The number of hydrogen-bond acceptors (Lipinski definition) is 4. The lowest BCUT2D eigenvalue weighted by molar-refractivity contribution is 0.168. The van der Waals surface area contributed by atoms with E-state index in [4.69, 9.17) is 9.47 Å². The van der Waals surface area contributed by atoms with Crippen LogP contribution in [0.15, 0.2) is 48.7 Å². The summed E-state index contributed by atoms with van der Waals surface area (Å²) in [5.41, 5.74) is 4.56. The van der Waals surface area contributed by atoms with Crippen LogP contribution in [0, 0.1) is 0 Å². The average molecular weight is 416 g/mol. The van der Waals surface area contributed by atoms with Gasteiger partial charge in [0.1, 0.15) is 0 Å². The van der Waals surface area contributed by atoms with Gasteiger partial charge in [0, 0.05) is 45.5 Å². The van der Waals surface area contributed by atoms with Crippen molar-refractivity contribution in [2.45, 2.75) is 13.2 Å². The van der Waals surface area contributed by atoms with E-state index >= 15 is 0 Å². The molecule has 6 nitrogen and oxygen atoms in total. The fourth-order valence-electron chi connectivity index (χ4n) is 3.06. The first-order chi connectivity index (χ1) is 13.5. The van der Waals surface area contributed by atoms with E-state index in [9.17, 15) is 4.79 Å². The van der Waals surface area contributed by atoms with Crippen LogP contribution in [-0.2, 0) is 22.7 Å². The first-order valence-corrected chi connectivity index (χ1v) is 9.00. The Morgan fingerprint density at radius 2 is 1.62 bits per heavy atom. The Balaban J connectivity index is 0.00000300. The highest BCUT2D eigenvalue weighted by Gasteiger charge is 2.12. The van der Waals surface area contributed by atoms with Crippen molar-refractivity contribution < 1.29 is 14.3 Å². The number of methoxy groups -OCH3 is 2. The highest BCUT2D eigenvalue weighted by Crippen LogP contribution is 2.30. The lowest BCUT2D eigenvalue weighted by atomic mass is 10.0. The zero-order valence-electron chi connectivity index (χ0n) is 17.1. The smallest absolute Gasteiger partial charge is 0.321 e. The van der Waals surface area contributed by atoms with E-state index in [1.165, 1.54) is 4.90 Å². The standard InChI is InChI=1S/C22H25N3O3.ClH/c1-25(2)22(26)24-20-8-6-5-7-19(20)21-11-15-9-17(13-27-3)18(14-28-4)10-16(15)12-23-21;/h5-12H,13-14H2,1-4H3,(H,24,26);1H. The van der Waals surface area contributed by atoms with Crippen LogP contribution in [0.2, 0.25) is 0 Å². The zero-order valence-corrected chi connectivity index (χ0v) is 17.9. The van der Waals surface area contributed by atoms with Gasteiger partial charge in [0.25, 0.3) is 0 Å². The van der Waals surface area contributed by atoms with Gasteiger partial charge in [-0.05, 0) is 40.8 Å². The summed E-state index contributed by atoms with van der Waals surface area (Å²) >= 11 is 0. The molecular weight excluding hydrogens is 390 g/mol. The van der Waals surface area contributed by atoms with E-state index in [1.807, 2.05) is 36.5 Å². The number of pyridine rings is 1. The first-order valence-electron chi connectivity index (χ1n) is 9.00. The second-order valence-corrected chi connectivity index (χ2v) is 6.77. The molecule has 0 fully saturated rings. The van der Waals surface area contributed by atoms with Gasteiger partial charge in [-0.3, -0.25) is 4.98 Å². The number of benzene rings is 2. The van der Waals surface area contributed by atoms with Gasteiger partial charge in [-0.2, -0.15) is 0 Å². The van der Waals surface area contributed by atoms with Gasteiger partial charge in [-0.25, -0.2) is 4.79 Å². The van der Waals surface area contributed by atoms with E-state index in [2.05, 4.69) is 22.4 Å². The van der Waals surface area contributed by atoms with Gasteiger partial charge >= 0.3 is 6.03 Å². The number of ether oxygens (including phenoxy) is 2. The van der Waals surface area contributed by atoms with Crippen LogP contribution in [0.1, 0.15) is 11.1 Å². The molecule has 2 amide bonds. The molecule has 154 valence electrons. The minimum absolute atomic E-state index is 0. The molecule has 0 saturated carbocycles. The van der Waals surface area contributed by atoms with Crippen LogP contribution >= 0.6 is 12.4 Å². The first kappa shape index (κ1) is 22.6. The number of amides is 2. The van der Waals surface area contributed by atoms with E-state index in [0.717, 1.165) is 38.8 Å². The van der Waals surface area contributed by atoms with Crippen LogP contribution in [0.4, 0.5) is 10.5 Å². The highest BCUT2D eigenvalue weighted by atomic mass is 35.5. The van der Waals surface area contributed by atoms with E-state index < -0.39 is 0 Å². The normalized spacial score (nSPS) is 10.5. The quantitative estimate of drug-likeness (QED) is 0.633. The number of hydrogen-bond donors (Lipinski definition) is 1. The number of halogens is 1. The molecular formula is C22H26ClN3O3. The maximum Gasteiger partial charge on any atom is 0.321 e. The van der Waals surface area contributed by atoms with Crippen molar-refractivity contribution in [2.24, 2.45) is 0 Å². The third-order valence-electron chi connectivity index (χ3n) is 4.49. The summed E-state index contributed by atoms with van der Waals surface area (Å²) in [6, 6.07) is 13.7. The number of aromatic nitrogens is 1. The van der Waals surface area contributed by atoms with Gasteiger partial charge < -0.3 is 19.7 Å². The lowest BCUT2D eigenvalue weighted by Crippen LogP contribution is -2.27. The Hall–Kier alpha value is -2.67. The van der Waals surface area contributed by atoms with Crippen LogP contribution in [0.5, 0.6) is 0 Å². The SMILES string of the molecule is COCc1cc2cnc(-c3ccccc3NC(=O)N(C)C)cc2cc1COC.Cl. The number of urea groups is 1. The molecule has 0 atom stereocenters. The van der Waals surface area contributed by atoms with Gasteiger partial charge in [0.2, 0.25) is 0 Å². The van der Waals surface area contributed by atoms with Gasteiger partial charge in [0.05, 0.1) is 24.6 Å². The summed E-state index contributed by atoms with van der Waals surface area (Å²) in [7, 11) is 6.78. The molecule has 7 heteroatoms. The van der Waals surface area contributed by atoms with Crippen LogP contribution < -0.4 is 5.32 Å². The molecule has 3 rings (SSSR count). The third kappa shape index (κ3) is 5.23. The summed E-state index contributed by atoms with van der Waals surface area (Å²) in [4.78, 5) is 18.2. The molecule has 29 heavy (non-hydrogen) atoms. The van der Waals surface area contributed by atoms with Crippen molar-refractivity contribution in [1.82, 2.24) is 9.88 Å². The molecule has 0 saturated heterocycles. The summed E-state index contributed by atoms with van der Waals surface area (Å²) in [5, 5.41) is 5.02. The number of fused-ring (bicyclic) bond motifs is 1. The molecule has 1 aromatic heterocycles. The van der Waals surface area contributed by atoms with Crippen molar-refractivity contribution in [2.75, 3.05) is 33.6 Å². The summed E-state index contributed by atoms with van der Waals surface area (Å²) in [5.74, 6) is 0. The highest BCUT2D eigenvalue weighted by molar-refractivity contribution is 5.95. The largest absolute Gasteiger partial charge is 0.380 e. The van der Waals surface area contributed by atoms with Crippen molar-refractivity contribution in [3.05, 3.63) is 59.8 Å². The van der Waals surface area contributed by atoms with Gasteiger partial charge in [-0.15, -0.1) is 12.4 Å². The monoisotopic (exact) mass is 415 g/mol. The van der Waals surface area contributed by atoms with Crippen LogP contribution in [0.3, 0.4) is 0 Å². The lowest BCUT2D eigenvalue weighted by Gasteiger charge is -2.15. The van der Waals surface area contributed by atoms with Crippen molar-refractivity contribution in [3.63, 3.8) is 0 Å². The minimum Gasteiger partial charge on any atom is -0.380 e. The number of rotatable bonds is 6. The molecule has 0 unspecified atom stereocenters. The average Bonchev–Trinajstić information content (AvgIpc) is 2.69. The number of carbonyl (C=O) groups excluding carboxylic acids is 1. The zero-order chi connectivity index (χ0) is 20.1. The molecule has 3 aromatic rings.